The van der Waals surface area contributed by atoms with Crippen LogP contribution in [0, 0.1) is 12.3 Å². The normalized spacial score (nSPS) is 10.5. The van der Waals surface area contributed by atoms with Crippen LogP contribution in [0.25, 0.3) is 0 Å². The fourth-order valence-electron chi connectivity index (χ4n) is 0.0500. The maximum absolute atomic E-state index is 8.37. The minimum atomic E-state index is -0.556. The molecule has 0 unspecified atom stereocenters. The number of aliphatic hydroxyl groups excluding tert-OH is 2. The van der Waals surface area contributed by atoms with Crippen molar-refractivity contribution in [2.75, 3.05) is 13.2 Å². The van der Waals surface area contributed by atoms with Crippen molar-refractivity contribution in [3.63, 3.8) is 0 Å². The topological polar surface area (TPSA) is 40.5 Å². The third kappa shape index (κ3) is 4.67. The van der Waals surface area contributed by atoms with E-state index in [1.54, 1.807) is 6.92 Å². The summed E-state index contributed by atoms with van der Waals surface area (Å²) in [6, 6.07) is 0. The molecule has 44 valence electrons. The van der Waals surface area contributed by atoms with E-state index in [0.717, 1.165) is 0 Å². The van der Waals surface area contributed by atoms with Crippen LogP contribution >= 0.6 is 0 Å². The predicted octanol–water partition coefficient (Wildman–Crippen LogP) is -3.18. The first kappa shape index (κ1) is 11.3. The van der Waals surface area contributed by atoms with E-state index in [0.29, 0.717) is 0 Å². The Labute approximate surface area is 62.1 Å². The zero-order chi connectivity index (χ0) is 5.91. The fourth-order valence-corrected chi connectivity index (χ4v) is 0.0500. The van der Waals surface area contributed by atoms with E-state index in [2.05, 4.69) is 6.92 Å². The maximum Gasteiger partial charge on any atom is 1.00 e. The van der Waals surface area contributed by atoms with Crippen molar-refractivity contribution in [1.29, 1.82) is 0 Å². The Kier molecular flexibility index (Phi) is 6.23. The second kappa shape index (κ2) is 4.40. The van der Waals surface area contributed by atoms with Crippen LogP contribution < -0.4 is 18.9 Å². The first-order valence-corrected chi connectivity index (χ1v) is 2.19. The average molecular weight is 110 g/mol. The van der Waals surface area contributed by atoms with Gasteiger partial charge in [-0.1, -0.05) is 6.92 Å². The molecule has 0 aromatic rings. The van der Waals surface area contributed by atoms with Gasteiger partial charge in [0.05, 0.1) is 0 Å². The number of hydrogen-bond acceptors (Lipinski definition) is 2. The van der Waals surface area contributed by atoms with Gasteiger partial charge in [0.25, 0.3) is 0 Å². The molecule has 0 aliphatic rings. The van der Waals surface area contributed by atoms with Gasteiger partial charge in [0.2, 0.25) is 0 Å². The Balaban J connectivity index is 0. The molecular formula is C5H11LiO2. The number of aliphatic hydroxyl groups is 2. The average Bonchev–Trinajstić information content (AvgIpc) is 1.68. The molecule has 0 saturated carbocycles. The smallest absolute Gasteiger partial charge is 0.398 e. The molecule has 0 saturated heterocycles. The molecule has 0 aromatic heterocycles. The summed E-state index contributed by atoms with van der Waals surface area (Å²) in [6.45, 7) is 5.06. The van der Waals surface area contributed by atoms with E-state index >= 15 is 0 Å². The van der Waals surface area contributed by atoms with E-state index < -0.39 is 5.41 Å². The van der Waals surface area contributed by atoms with Crippen LogP contribution in [0.1, 0.15) is 6.92 Å². The monoisotopic (exact) mass is 110 g/mol. The van der Waals surface area contributed by atoms with Gasteiger partial charge >= 0.3 is 18.9 Å². The summed E-state index contributed by atoms with van der Waals surface area (Å²) >= 11 is 0. The third-order valence-electron chi connectivity index (χ3n) is 0.763. The summed E-state index contributed by atoms with van der Waals surface area (Å²) < 4.78 is 0. The SMILES string of the molecule is [CH2-]C(C)(CO)CO.[Li+]. The quantitative estimate of drug-likeness (QED) is 0.290. The molecule has 0 radical (unpaired) electrons. The Morgan fingerprint density at radius 2 is 1.62 bits per heavy atom. The van der Waals surface area contributed by atoms with Crippen LogP contribution in [0.4, 0.5) is 0 Å². The van der Waals surface area contributed by atoms with Crippen molar-refractivity contribution in [3.05, 3.63) is 6.92 Å². The first-order valence-electron chi connectivity index (χ1n) is 2.19. The van der Waals surface area contributed by atoms with Crippen molar-refractivity contribution in [3.8, 4) is 0 Å². The van der Waals surface area contributed by atoms with Gasteiger partial charge in [0.15, 0.2) is 0 Å². The van der Waals surface area contributed by atoms with Crippen LogP contribution in [0.15, 0.2) is 0 Å². The minimum absolute atomic E-state index is 0. The Morgan fingerprint density at radius 3 is 1.62 bits per heavy atom. The molecule has 0 heterocycles. The third-order valence-corrected chi connectivity index (χ3v) is 0.763. The summed E-state index contributed by atoms with van der Waals surface area (Å²) in [5, 5.41) is 16.7. The summed E-state index contributed by atoms with van der Waals surface area (Å²) in [4.78, 5) is 0. The molecule has 0 spiro atoms. The van der Waals surface area contributed by atoms with Crippen molar-refractivity contribution in [2.45, 2.75) is 6.92 Å². The summed E-state index contributed by atoms with van der Waals surface area (Å²) in [5.74, 6) is 0. The Hall–Kier alpha value is 0.517. The van der Waals surface area contributed by atoms with Crippen molar-refractivity contribution >= 4 is 0 Å². The Morgan fingerprint density at radius 1 is 1.38 bits per heavy atom. The van der Waals surface area contributed by atoms with E-state index in [1.807, 2.05) is 0 Å². The van der Waals surface area contributed by atoms with E-state index in [9.17, 15) is 0 Å². The van der Waals surface area contributed by atoms with Crippen LogP contribution in [0.3, 0.4) is 0 Å². The van der Waals surface area contributed by atoms with Gasteiger partial charge in [-0.3, -0.25) is 0 Å². The second-order valence-corrected chi connectivity index (χ2v) is 2.13. The van der Waals surface area contributed by atoms with Gasteiger partial charge in [-0.2, -0.15) is 0 Å². The molecular weight excluding hydrogens is 99.0 g/mol. The van der Waals surface area contributed by atoms with E-state index in [4.69, 9.17) is 10.2 Å². The molecule has 0 rings (SSSR count). The van der Waals surface area contributed by atoms with Gasteiger partial charge in [0, 0.05) is 13.2 Å². The van der Waals surface area contributed by atoms with Crippen molar-refractivity contribution in [1.82, 2.24) is 0 Å². The molecule has 2 N–H and O–H groups in total. The zero-order valence-electron chi connectivity index (χ0n) is 5.52. The standard InChI is InChI=1S/C5H11O2.Li/c1-5(2,3-6)4-7;/h6-7H,1,3-4H2,2H3;/q-1;+1. The minimum Gasteiger partial charge on any atom is -0.398 e. The predicted molar refractivity (Wildman–Crippen MR) is 27.6 cm³/mol. The van der Waals surface area contributed by atoms with Gasteiger partial charge in [0.1, 0.15) is 0 Å². The fraction of sp³-hybridized carbons (Fsp3) is 0.800. The summed E-state index contributed by atoms with van der Waals surface area (Å²) in [6.07, 6.45) is 0. The first-order chi connectivity index (χ1) is 3.12. The molecule has 8 heavy (non-hydrogen) atoms. The van der Waals surface area contributed by atoms with Crippen LogP contribution in [-0.4, -0.2) is 23.4 Å². The van der Waals surface area contributed by atoms with Gasteiger partial charge in [-0.05, 0) is 0 Å². The summed E-state index contributed by atoms with van der Waals surface area (Å²) in [7, 11) is 0. The van der Waals surface area contributed by atoms with Crippen LogP contribution in [0.5, 0.6) is 0 Å². The maximum atomic E-state index is 8.37. The molecule has 3 heteroatoms. The molecule has 2 nitrogen and oxygen atoms in total. The molecule has 0 bridgehead atoms. The largest absolute Gasteiger partial charge is 1.00 e. The zero-order valence-corrected chi connectivity index (χ0v) is 5.52. The number of rotatable bonds is 2. The Bertz CT molecular complexity index is 48.4. The number of hydrogen-bond donors (Lipinski definition) is 2. The van der Waals surface area contributed by atoms with Crippen molar-refractivity contribution in [2.24, 2.45) is 5.41 Å². The molecule has 0 aliphatic carbocycles. The molecule has 0 aromatic carbocycles. The molecule has 0 aliphatic heterocycles. The molecule has 0 atom stereocenters. The second-order valence-electron chi connectivity index (χ2n) is 2.13. The van der Waals surface area contributed by atoms with E-state index in [-0.39, 0.29) is 32.1 Å². The van der Waals surface area contributed by atoms with Gasteiger partial charge < -0.3 is 17.1 Å². The van der Waals surface area contributed by atoms with Crippen LogP contribution in [-0.2, 0) is 0 Å². The molecule has 0 amide bonds. The van der Waals surface area contributed by atoms with Gasteiger partial charge in [-0.25, -0.2) is 0 Å². The van der Waals surface area contributed by atoms with E-state index in [1.165, 1.54) is 0 Å². The van der Waals surface area contributed by atoms with Crippen LogP contribution in [0.2, 0.25) is 0 Å². The summed E-state index contributed by atoms with van der Waals surface area (Å²) in [5.41, 5.74) is -0.556. The van der Waals surface area contributed by atoms with Crippen molar-refractivity contribution < 1.29 is 29.1 Å². The van der Waals surface area contributed by atoms with Gasteiger partial charge in [-0.15, -0.1) is 5.41 Å². The molecule has 0 fully saturated rings.